The van der Waals surface area contributed by atoms with E-state index >= 15 is 0 Å². The van der Waals surface area contributed by atoms with Crippen LogP contribution >= 0.6 is 11.8 Å². The van der Waals surface area contributed by atoms with Gasteiger partial charge in [0.1, 0.15) is 11.4 Å². The predicted octanol–water partition coefficient (Wildman–Crippen LogP) is 2.17. The summed E-state index contributed by atoms with van der Waals surface area (Å²) in [6, 6.07) is 5.82. The van der Waals surface area contributed by atoms with Gasteiger partial charge in [0.25, 0.3) is 0 Å². The third kappa shape index (κ3) is 3.66. The molecule has 2 heterocycles. The van der Waals surface area contributed by atoms with Crippen molar-refractivity contribution in [1.29, 1.82) is 0 Å². The Labute approximate surface area is 154 Å². The Balaban J connectivity index is 1.74. The normalized spacial score (nSPS) is 20.2. The average Bonchev–Trinajstić information content (AvgIpc) is 2.66. The number of nitrogens with zero attached hydrogens (tertiary/aromatic N) is 1. The lowest BCUT2D eigenvalue weighted by atomic mass is 9.78. The number of fused-ring (bicyclic) bond motifs is 2. The number of ether oxygens (including phenoxy) is 2. The summed E-state index contributed by atoms with van der Waals surface area (Å²) in [5.41, 5.74) is 8.23. The fraction of sp³-hybridized carbons (Fsp3) is 0.632. The molecule has 2 aliphatic rings. The van der Waals surface area contributed by atoms with E-state index in [2.05, 4.69) is 6.07 Å². The second kappa shape index (κ2) is 7.98. The summed E-state index contributed by atoms with van der Waals surface area (Å²) in [4.78, 5) is 14.5. The molecular weight excluding hydrogens is 336 g/mol. The second-order valence-electron chi connectivity index (χ2n) is 6.80. The molecule has 6 heteroatoms. The van der Waals surface area contributed by atoms with Crippen molar-refractivity contribution in [3.63, 3.8) is 0 Å². The maximum Gasteiger partial charge on any atom is 0.239 e. The van der Waals surface area contributed by atoms with Crippen LogP contribution in [0.15, 0.2) is 18.2 Å². The molecule has 1 atom stereocenters. The number of hydrogen-bond donors (Lipinski definition) is 1. The first-order chi connectivity index (χ1) is 12.1. The lowest BCUT2D eigenvalue weighted by Crippen LogP contribution is -2.52. The standard InChI is InChI=1S/C19H28N2O3S/c1-23-16-5-3-4-14-6-12-24-19(17(14)16)8-10-21(11-9-19)18(22)15(20)7-13-25-2/h3-5,15H,6-13,20H2,1-2H3. The largest absolute Gasteiger partial charge is 0.496 e. The second-order valence-corrected chi connectivity index (χ2v) is 7.79. The number of thioether (sulfide) groups is 1. The van der Waals surface area contributed by atoms with Crippen LogP contribution in [0.2, 0.25) is 0 Å². The minimum Gasteiger partial charge on any atom is -0.496 e. The first-order valence-electron chi connectivity index (χ1n) is 8.95. The van der Waals surface area contributed by atoms with Crippen LogP contribution in [0.25, 0.3) is 0 Å². The Bertz CT molecular complexity index is 600. The molecule has 1 amide bonds. The van der Waals surface area contributed by atoms with Gasteiger partial charge in [-0.1, -0.05) is 12.1 Å². The molecule has 1 aromatic carbocycles. The molecule has 1 unspecified atom stereocenters. The number of nitrogens with two attached hydrogens (primary N) is 1. The number of carbonyl (C=O) groups excluding carboxylic acids is 1. The zero-order chi connectivity index (χ0) is 17.9. The highest BCUT2D eigenvalue weighted by molar-refractivity contribution is 7.98. The van der Waals surface area contributed by atoms with Crippen LogP contribution in [0.4, 0.5) is 0 Å². The van der Waals surface area contributed by atoms with Gasteiger partial charge in [-0.25, -0.2) is 0 Å². The van der Waals surface area contributed by atoms with Crippen molar-refractivity contribution < 1.29 is 14.3 Å². The zero-order valence-electron chi connectivity index (χ0n) is 15.1. The molecule has 2 aliphatic heterocycles. The Morgan fingerprint density at radius 3 is 2.88 bits per heavy atom. The van der Waals surface area contributed by atoms with E-state index in [-0.39, 0.29) is 11.5 Å². The van der Waals surface area contributed by atoms with E-state index in [9.17, 15) is 4.79 Å². The first kappa shape index (κ1) is 18.5. The number of methoxy groups -OCH3 is 1. The topological polar surface area (TPSA) is 64.8 Å². The molecule has 1 aromatic rings. The third-order valence-electron chi connectivity index (χ3n) is 5.37. The summed E-state index contributed by atoms with van der Waals surface area (Å²) < 4.78 is 11.9. The number of hydrogen-bond acceptors (Lipinski definition) is 5. The van der Waals surface area contributed by atoms with Gasteiger partial charge in [-0.2, -0.15) is 11.8 Å². The van der Waals surface area contributed by atoms with Crippen LogP contribution in [0, 0.1) is 0 Å². The lowest BCUT2D eigenvalue weighted by Gasteiger charge is -2.45. The highest BCUT2D eigenvalue weighted by Gasteiger charge is 2.43. The molecule has 0 radical (unpaired) electrons. The Morgan fingerprint density at radius 1 is 1.44 bits per heavy atom. The first-order valence-corrected chi connectivity index (χ1v) is 10.3. The van der Waals surface area contributed by atoms with Gasteiger partial charge < -0.3 is 20.1 Å². The van der Waals surface area contributed by atoms with Crippen LogP contribution in [0.1, 0.15) is 30.4 Å². The fourth-order valence-electron chi connectivity index (χ4n) is 3.99. The number of likely N-dealkylation sites (tertiary alicyclic amines) is 1. The maximum absolute atomic E-state index is 12.6. The van der Waals surface area contributed by atoms with Crippen molar-refractivity contribution in [1.82, 2.24) is 4.90 Å². The van der Waals surface area contributed by atoms with E-state index in [1.165, 1.54) is 11.1 Å². The zero-order valence-corrected chi connectivity index (χ0v) is 15.9. The van der Waals surface area contributed by atoms with Crippen molar-refractivity contribution in [2.45, 2.75) is 37.3 Å². The molecule has 25 heavy (non-hydrogen) atoms. The minimum atomic E-state index is -0.393. The smallest absolute Gasteiger partial charge is 0.239 e. The summed E-state index contributed by atoms with van der Waals surface area (Å²) in [6.07, 6.45) is 5.26. The minimum absolute atomic E-state index is 0.0694. The van der Waals surface area contributed by atoms with Crippen LogP contribution < -0.4 is 10.5 Å². The van der Waals surface area contributed by atoms with Gasteiger partial charge >= 0.3 is 0 Å². The average molecular weight is 365 g/mol. The Hall–Kier alpha value is -1.24. The molecule has 138 valence electrons. The van der Waals surface area contributed by atoms with Gasteiger partial charge in [-0.05, 0) is 49.3 Å². The van der Waals surface area contributed by atoms with Gasteiger partial charge in [0, 0.05) is 18.7 Å². The van der Waals surface area contributed by atoms with E-state index < -0.39 is 6.04 Å². The molecule has 1 saturated heterocycles. The van der Waals surface area contributed by atoms with Crippen molar-refractivity contribution in [3.8, 4) is 5.75 Å². The molecule has 0 bridgehead atoms. The van der Waals surface area contributed by atoms with Crippen LogP contribution in [-0.2, 0) is 21.6 Å². The number of rotatable bonds is 5. The molecule has 0 aromatic heterocycles. The monoisotopic (exact) mass is 364 g/mol. The highest BCUT2D eigenvalue weighted by atomic mass is 32.2. The number of benzene rings is 1. The molecule has 0 aliphatic carbocycles. The van der Waals surface area contributed by atoms with Gasteiger partial charge in [-0.15, -0.1) is 0 Å². The van der Waals surface area contributed by atoms with E-state index in [1.54, 1.807) is 18.9 Å². The Kier molecular flexibility index (Phi) is 5.92. The van der Waals surface area contributed by atoms with Gasteiger partial charge in [0.05, 0.1) is 19.8 Å². The van der Waals surface area contributed by atoms with E-state index in [4.69, 9.17) is 15.2 Å². The summed E-state index contributed by atoms with van der Waals surface area (Å²) in [6.45, 7) is 2.09. The van der Waals surface area contributed by atoms with E-state index in [0.29, 0.717) is 13.1 Å². The summed E-state index contributed by atoms with van der Waals surface area (Å²) in [5.74, 6) is 1.88. The van der Waals surface area contributed by atoms with E-state index in [0.717, 1.165) is 43.8 Å². The van der Waals surface area contributed by atoms with Crippen molar-refractivity contribution in [2.75, 3.05) is 38.8 Å². The van der Waals surface area contributed by atoms with Crippen molar-refractivity contribution >= 4 is 17.7 Å². The Morgan fingerprint density at radius 2 is 2.20 bits per heavy atom. The maximum atomic E-state index is 12.6. The molecule has 1 fully saturated rings. The van der Waals surface area contributed by atoms with Gasteiger partial charge in [0.15, 0.2) is 0 Å². The van der Waals surface area contributed by atoms with Gasteiger partial charge in [-0.3, -0.25) is 4.79 Å². The van der Waals surface area contributed by atoms with Crippen LogP contribution in [0.3, 0.4) is 0 Å². The molecule has 2 N–H and O–H groups in total. The fourth-order valence-corrected chi connectivity index (χ4v) is 4.48. The number of piperidine rings is 1. The molecular formula is C19H28N2O3S. The molecule has 3 rings (SSSR count). The summed E-state index contributed by atoms with van der Waals surface area (Å²) >= 11 is 1.72. The quantitative estimate of drug-likeness (QED) is 0.867. The number of amides is 1. The number of carbonyl (C=O) groups is 1. The van der Waals surface area contributed by atoms with Gasteiger partial charge in [0.2, 0.25) is 5.91 Å². The summed E-state index contributed by atoms with van der Waals surface area (Å²) in [7, 11) is 1.71. The van der Waals surface area contributed by atoms with Crippen LogP contribution in [0.5, 0.6) is 5.75 Å². The highest BCUT2D eigenvalue weighted by Crippen LogP contribution is 2.45. The SMILES string of the molecule is COc1cccc2c1C1(CCN(C(=O)C(N)CCSC)CC1)OCC2. The van der Waals surface area contributed by atoms with Crippen molar-refractivity contribution in [2.24, 2.45) is 5.73 Å². The molecule has 1 spiro atoms. The predicted molar refractivity (Wildman–Crippen MR) is 101 cm³/mol. The molecule has 5 nitrogen and oxygen atoms in total. The third-order valence-corrected chi connectivity index (χ3v) is 6.01. The van der Waals surface area contributed by atoms with Crippen molar-refractivity contribution in [3.05, 3.63) is 29.3 Å². The van der Waals surface area contributed by atoms with E-state index in [1.807, 2.05) is 23.3 Å². The summed E-state index contributed by atoms with van der Waals surface area (Å²) in [5, 5.41) is 0. The van der Waals surface area contributed by atoms with Crippen LogP contribution in [-0.4, -0.2) is 55.7 Å². The molecule has 0 saturated carbocycles. The lowest BCUT2D eigenvalue weighted by molar-refractivity contribution is -0.142.